The lowest BCUT2D eigenvalue weighted by Gasteiger charge is -2.17. The van der Waals surface area contributed by atoms with Gasteiger partial charge in [-0.2, -0.15) is 13.2 Å². The molecule has 0 unspecified atom stereocenters. The van der Waals surface area contributed by atoms with E-state index >= 15 is 0 Å². The molecule has 0 saturated carbocycles. The number of hydrogen-bond acceptors (Lipinski definition) is 2. The van der Waals surface area contributed by atoms with Crippen molar-refractivity contribution in [3.63, 3.8) is 0 Å². The summed E-state index contributed by atoms with van der Waals surface area (Å²) in [4.78, 5) is 11.0. The molecule has 72 valence electrons. The molecule has 0 heterocycles. The first kappa shape index (κ1) is 11.4. The Morgan fingerprint density at radius 3 is 2.42 bits per heavy atom. The Morgan fingerprint density at radius 2 is 2.00 bits per heavy atom. The van der Waals surface area contributed by atoms with Gasteiger partial charge in [-0.05, 0) is 20.0 Å². The number of rotatable bonds is 5. The van der Waals surface area contributed by atoms with E-state index in [1.54, 1.807) is 0 Å². The van der Waals surface area contributed by atoms with E-state index in [-0.39, 0.29) is 0 Å². The average Bonchev–Trinajstić information content (AvgIpc) is 1.84. The van der Waals surface area contributed by atoms with E-state index in [0.717, 1.165) is 4.90 Å². The third kappa shape index (κ3) is 7.53. The fourth-order valence-electron chi connectivity index (χ4n) is 0.830. The highest BCUT2D eigenvalue weighted by atomic mass is 19.4. The molecule has 12 heavy (non-hydrogen) atoms. The molecular weight excluding hydrogens is 171 g/mol. The van der Waals surface area contributed by atoms with Crippen LogP contribution in [-0.4, -0.2) is 37.5 Å². The number of nitrogens with zero attached hydrogens (tertiary/aromatic N) is 1. The van der Waals surface area contributed by atoms with Crippen molar-refractivity contribution in [2.45, 2.75) is 19.0 Å². The highest BCUT2D eigenvalue weighted by molar-refractivity contribution is 5.48. The highest BCUT2D eigenvalue weighted by Gasteiger charge is 2.28. The first-order valence-corrected chi connectivity index (χ1v) is 3.64. The zero-order valence-electron chi connectivity index (χ0n) is 6.90. The molecule has 0 radical (unpaired) electrons. The minimum Gasteiger partial charge on any atom is -0.303 e. The first-order valence-electron chi connectivity index (χ1n) is 3.64. The Bertz CT molecular complexity index is 135. The van der Waals surface area contributed by atoms with Crippen molar-refractivity contribution in [2.75, 3.05) is 20.1 Å². The molecule has 0 aromatic carbocycles. The lowest BCUT2D eigenvalue weighted by atomic mass is 10.3. The topological polar surface area (TPSA) is 20.3 Å². The van der Waals surface area contributed by atoms with Gasteiger partial charge in [-0.1, -0.05) is 0 Å². The lowest BCUT2D eigenvalue weighted by molar-refractivity contribution is -0.143. The van der Waals surface area contributed by atoms with E-state index in [9.17, 15) is 18.0 Å². The summed E-state index contributed by atoms with van der Waals surface area (Å²) in [5, 5.41) is 0. The molecule has 0 atom stereocenters. The molecule has 5 heteroatoms. The second-order valence-corrected chi connectivity index (χ2v) is 2.66. The number of aldehydes is 1. The van der Waals surface area contributed by atoms with Gasteiger partial charge in [0, 0.05) is 6.42 Å². The second kappa shape index (κ2) is 5.13. The summed E-state index contributed by atoms with van der Waals surface area (Å²) in [5.74, 6) is 0. The third-order valence-corrected chi connectivity index (χ3v) is 1.31. The molecule has 0 spiro atoms. The monoisotopic (exact) mass is 183 g/mol. The molecule has 0 saturated heterocycles. The lowest BCUT2D eigenvalue weighted by Crippen LogP contribution is -2.31. The van der Waals surface area contributed by atoms with Crippen LogP contribution in [0, 0.1) is 0 Å². The second-order valence-electron chi connectivity index (χ2n) is 2.66. The smallest absolute Gasteiger partial charge is 0.303 e. The van der Waals surface area contributed by atoms with Gasteiger partial charge in [-0.25, -0.2) is 0 Å². The van der Waals surface area contributed by atoms with Crippen molar-refractivity contribution in [3.05, 3.63) is 0 Å². The molecular formula is C7H12F3NO. The zero-order valence-corrected chi connectivity index (χ0v) is 6.90. The minimum atomic E-state index is -4.14. The Balaban J connectivity index is 3.46. The van der Waals surface area contributed by atoms with E-state index in [2.05, 4.69) is 0 Å². The standard InChI is InChI=1S/C7H12F3NO/c1-11(4-2-3-5-12)6-7(8,9)10/h5H,2-4,6H2,1H3. The summed E-state index contributed by atoms with van der Waals surface area (Å²) in [6.07, 6.45) is -2.63. The van der Waals surface area contributed by atoms with Gasteiger partial charge in [0.1, 0.15) is 6.29 Å². The molecule has 0 N–H and O–H groups in total. The Morgan fingerprint density at radius 1 is 1.42 bits per heavy atom. The summed E-state index contributed by atoms with van der Waals surface area (Å²) < 4.78 is 35.1. The van der Waals surface area contributed by atoms with Gasteiger partial charge in [-0.3, -0.25) is 4.90 Å². The van der Waals surface area contributed by atoms with E-state index in [4.69, 9.17) is 0 Å². The van der Waals surface area contributed by atoms with Crippen LogP contribution in [0.4, 0.5) is 13.2 Å². The number of halogens is 3. The van der Waals surface area contributed by atoms with Gasteiger partial charge < -0.3 is 4.79 Å². The van der Waals surface area contributed by atoms with Crippen LogP contribution in [0.1, 0.15) is 12.8 Å². The summed E-state index contributed by atoms with van der Waals surface area (Å²) in [6, 6.07) is 0. The maximum absolute atomic E-state index is 11.7. The number of carbonyl (C=O) groups is 1. The van der Waals surface area contributed by atoms with Crippen LogP contribution in [0.2, 0.25) is 0 Å². The first-order chi connectivity index (χ1) is 5.45. The highest BCUT2D eigenvalue weighted by Crippen LogP contribution is 2.15. The van der Waals surface area contributed by atoms with Gasteiger partial charge >= 0.3 is 6.18 Å². The molecule has 0 rings (SSSR count). The number of carbonyl (C=O) groups excluding carboxylic acids is 1. The predicted molar refractivity (Wildman–Crippen MR) is 38.9 cm³/mol. The van der Waals surface area contributed by atoms with E-state index in [0.29, 0.717) is 25.7 Å². The van der Waals surface area contributed by atoms with Gasteiger partial charge in [0.05, 0.1) is 6.54 Å². The van der Waals surface area contributed by atoms with Crippen molar-refractivity contribution in [1.82, 2.24) is 4.90 Å². The number of hydrogen-bond donors (Lipinski definition) is 0. The van der Waals surface area contributed by atoms with Crippen molar-refractivity contribution in [3.8, 4) is 0 Å². The number of alkyl halides is 3. The fourth-order valence-corrected chi connectivity index (χ4v) is 0.830. The Hall–Kier alpha value is -0.580. The van der Waals surface area contributed by atoms with Gasteiger partial charge in [-0.15, -0.1) is 0 Å². The molecule has 0 aliphatic heterocycles. The van der Waals surface area contributed by atoms with Crippen molar-refractivity contribution in [1.29, 1.82) is 0 Å². The third-order valence-electron chi connectivity index (χ3n) is 1.31. The Kier molecular flexibility index (Phi) is 4.89. The SMILES string of the molecule is CN(CCCC=O)CC(F)(F)F. The van der Waals surface area contributed by atoms with Gasteiger partial charge in [0.15, 0.2) is 0 Å². The van der Waals surface area contributed by atoms with Gasteiger partial charge in [0.2, 0.25) is 0 Å². The summed E-state index contributed by atoms with van der Waals surface area (Å²) in [6.45, 7) is -0.607. The molecule has 0 aromatic heterocycles. The summed E-state index contributed by atoms with van der Waals surface area (Å²) >= 11 is 0. The molecule has 0 aliphatic rings. The van der Waals surface area contributed by atoms with Crippen LogP contribution < -0.4 is 0 Å². The molecule has 0 aliphatic carbocycles. The van der Waals surface area contributed by atoms with Crippen molar-refractivity contribution < 1.29 is 18.0 Å². The van der Waals surface area contributed by atoms with E-state index in [1.807, 2.05) is 0 Å². The maximum Gasteiger partial charge on any atom is 0.401 e. The van der Waals surface area contributed by atoms with E-state index < -0.39 is 12.7 Å². The van der Waals surface area contributed by atoms with Crippen LogP contribution in [0.15, 0.2) is 0 Å². The minimum absolute atomic E-state index is 0.304. The van der Waals surface area contributed by atoms with Crippen LogP contribution in [0.3, 0.4) is 0 Å². The van der Waals surface area contributed by atoms with Crippen LogP contribution in [0.25, 0.3) is 0 Å². The quantitative estimate of drug-likeness (QED) is 0.475. The summed E-state index contributed by atoms with van der Waals surface area (Å²) in [5.41, 5.74) is 0. The summed E-state index contributed by atoms with van der Waals surface area (Å²) in [7, 11) is 1.39. The normalized spacial score (nSPS) is 12.1. The van der Waals surface area contributed by atoms with E-state index in [1.165, 1.54) is 7.05 Å². The molecule has 0 aromatic rings. The Labute approximate surface area is 69.3 Å². The predicted octanol–water partition coefficient (Wildman–Crippen LogP) is 1.46. The van der Waals surface area contributed by atoms with Gasteiger partial charge in [0.25, 0.3) is 0 Å². The van der Waals surface area contributed by atoms with Crippen molar-refractivity contribution in [2.24, 2.45) is 0 Å². The molecule has 0 fully saturated rings. The number of unbranched alkanes of at least 4 members (excludes halogenated alkanes) is 1. The largest absolute Gasteiger partial charge is 0.401 e. The van der Waals surface area contributed by atoms with Crippen LogP contribution in [0.5, 0.6) is 0 Å². The molecule has 0 amide bonds. The van der Waals surface area contributed by atoms with Crippen LogP contribution >= 0.6 is 0 Å². The fraction of sp³-hybridized carbons (Fsp3) is 0.857. The molecule has 0 bridgehead atoms. The van der Waals surface area contributed by atoms with Crippen molar-refractivity contribution >= 4 is 6.29 Å². The molecule has 2 nitrogen and oxygen atoms in total. The van der Waals surface area contributed by atoms with Crippen LogP contribution in [-0.2, 0) is 4.79 Å². The zero-order chi connectivity index (χ0) is 9.61. The maximum atomic E-state index is 11.7. The average molecular weight is 183 g/mol.